The first-order valence-electron chi connectivity index (χ1n) is 6.52. The number of benzene rings is 2. The van der Waals surface area contributed by atoms with Gasteiger partial charge in [0.25, 0.3) is 10.0 Å². The smallest absolute Gasteiger partial charge is 0.264 e. The van der Waals surface area contributed by atoms with E-state index in [1.807, 2.05) is 0 Å². The highest BCUT2D eigenvalue weighted by Crippen LogP contribution is 2.30. The van der Waals surface area contributed by atoms with Crippen molar-refractivity contribution >= 4 is 27.3 Å². The van der Waals surface area contributed by atoms with Crippen LogP contribution in [0.3, 0.4) is 0 Å². The summed E-state index contributed by atoms with van der Waals surface area (Å²) in [4.78, 5) is 0.0180. The molecule has 0 saturated carbocycles. The van der Waals surface area contributed by atoms with Gasteiger partial charge in [-0.1, -0.05) is 17.7 Å². The molecule has 0 atom stereocenters. The molecule has 0 aliphatic rings. The van der Waals surface area contributed by atoms with Gasteiger partial charge in [-0.2, -0.15) is 0 Å². The number of sulfonamides is 1. The van der Waals surface area contributed by atoms with Crippen molar-refractivity contribution in [2.24, 2.45) is 0 Å². The number of hydrogen-bond donors (Lipinski definition) is 0. The van der Waals surface area contributed by atoms with E-state index in [9.17, 15) is 12.8 Å². The third-order valence-electron chi connectivity index (χ3n) is 3.09. The lowest BCUT2D eigenvalue weighted by atomic mass is 10.3. The lowest BCUT2D eigenvalue weighted by molar-refractivity contribution is 0.414. The van der Waals surface area contributed by atoms with Crippen molar-refractivity contribution in [1.82, 2.24) is 0 Å². The normalized spacial score (nSPS) is 11.3. The zero-order valence-corrected chi connectivity index (χ0v) is 13.7. The second kappa shape index (κ2) is 6.54. The Balaban J connectivity index is 2.49. The van der Waals surface area contributed by atoms with Gasteiger partial charge in [-0.15, -0.1) is 0 Å². The molecule has 0 radical (unpaired) electrons. The number of nitrogens with zero attached hydrogens (tertiary/aromatic N) is 1. The number of ether oxygens (including phenoxy) is 1. The molecule has 0 spiro atoms. The predicted molar refractivity (Wildman–Crippen MR) is 84.6 cm³/mol. The van der Waals surface area contributed by atoms with Crippen LogP contribution in [0.4, 0.5) is 10.1 Å². The summed E-state index contributed by atoms with van der Waals surface area (Å²) >= 11 is 5.99. The summed E-state index contributed by atoms with van der Waals surface area (Å²) in [6.07, 6.45) is 0. The first kappa shape index (κ1) is 16.6. The summed E-state index contributed by atoms with van der Waals surface area (Å²) in [6, 6.07) is 9.63. The van der Waals surface area contributed by atoms with Crippen molar-refractivity contribution in [2.75, 3.05) is 18.0 Å². The maximum absolute atomic E-state index is 13.4. The first-order chi connectivity index (χ1) is 10.4. The van der Waals surface area contributed by atoms with Crippen LogP contribution < -0.4 is 9.04 Å². The van der Waals surface area contributed by atoms with Crippen molar-refractivity contribution in [2.45, 2.75) is 11.8 Å². The van der Waals surface area contributed by atoms with Gasteiger partial charge in [0.2, 0.25) is 0 Å². The van der Waals surface area contributed by atoms with Crippen LogP contribution in [0.2, 0.25) is 5.02 Å². The van der Waals surface area contributed by atoms with E-state index in [0.29, 0.717) is 5.75 Å². The predicted octanol–water partition coefficient (Wildman–Crippen LogP) is 3.70. The van der Waals surface area contributed by atoms with E-state index in [1.54, 1.807) is 6.92 Å². The van der Waals surface area contributed by atoms with Crippen LogP contribution in [0.5, 0.6) is 5.75 Å². The molecule has 0 amide bonds. The minimum absolute atomic E-state index is 0.0180. The fourth-order valence-corrected chi connectivity index (χ4v) is 3.87. The second-order valence-corrected chi connectivity index (χ2v) is 6.72. The quantitative estimate of drug-likeness (QED) is 0.831. The topological polar surface area (TPSA) is 46.6 Å². The van der Waals surface area contributed by atoms with Gasteiger partial charge in [-0.05, 0) is 43.3 Å². The lowest BCUT2D eigenvalue weighted by Crippen LogP contribution is -2.30. The number of hydrogen-bond acceptors (Lipinski definition) is 3. The van der Waals surface area contributed by atoms with Crippen LogP contribution in [0, 0.1) is 5.82 Å². The molecule has 0 fully saturated rings. The standard InChI is InChI=1S/C15H15ClFNO3S/c1-3-18(12-6-4-5-11(17)9-12)22(19,20)13-7-8-15(21-2)14(16)10-13/h4-10H,3H2,1-2H3. The molecule has 2 aromatic carbocycles. The highest BCUT2D eigenvalue weighted by Gasteiger charge is 2.24. The molecule has 4 nitrogen and oxygen atoms in total. The van der Waals surface area contributed by atoms with Gasteiger partial charge >= 0.3 is 0 Å². The summed E-state index contributed by atoms with van der Waals surface area (Å²) in [5.74, 6) is -0.117. The van der Waals surface area contributed by atoms with Crippen LogP contribution >= 0.6 is 11.6 Å². The van der Waals surface area contributed by atoms with E-state index in [0.717, 1.165) is 4.31 Å². The Kier molecular flexibility index (Phi) is 4.93. The van der Waals surface area contributed by atoms with Crippen molar-refractivity contribution in [3.63, 3.8) is 0 Å². The minimum atomic E-state index is -3.84. The molecule has 0 N–H and O–H groups in total. The zero-order chi connectivity index (χ0) is 16.3. The van der Waals surface area contributed by atoms with E-state index >= 15 is 0 Å². The van der Waals surface area contributed by atoms with E-state index in [2.05, 4.69) is 0 Å². The Bertz CT molecular complexity index is 780. The number of anilines is 1. The minimum Gasteiger partial charge on any atom is -0.495 e. The molecule has 0 saturated heterocycles. The van der Waals surface area contributed by atoms with Crippen molar-refractivity contribution in [3.05, 3.63) is 53.3 Å². The summed E-state index contributed by atoms with van der Waals surface area (Å²) in [6.45, 7) is 1.84. The van der Waals surface area contributed by atoms with Gasteiger partial charge in [-0.3, -0.25) is 4.31 Å². The second-order valence-electron chi connectivity index (χ2n) is 4.45. The zero-order valence-electron chi connectivity index (χ0n) is 12.1. The number of halogens is 2. The number of methoxy groups -OCH3 is 1. The molecule has 22 heavy (non-hydrogen) atoms. The molecule has 7 heteroatoms. The molecule has 2 aromatic rings. The summed E-state index contributed by atoms with van der Waals surface area (Å²) in [7, 11) is -2.40. The van der Waals surface area contributed by atoms with Crippen molar-refractivity contribution in [1.29, 1.82) is 0 Å². The highest BCUT2D eigenvalue weighted by molar-refractivity contribution is 7.92. The molecular weight excluding hydrogens is 329 g/mol. The van der Waals surface area contributed by atoms with Gasteiger partial charge in [0.15, 0.2) is 0 Å². The molecule has 0 aliphatic carbocycles. The van der Waals surface area contributed by atoms with Gasteiger partial charge < -0.3 is 4.74 Å². The summed E-state index contributed by atoms with van der Waals surface area (Å²) in [5, 5.41) is 0.193. The average molecular weight is 344 g/mol. The molecule has 0 aliphatic heterocycles. The Labute approximate surface area is 134 Å². The molecule has 2 rings (SSSR count). The maximum atomic E-state index is 13.4. The molecule has 0 unspecified atom stereocenters. The van der Waals surface area contributed by atoms with Crippen LogP contribution in [0.25, 0.3) is 0 Å². The van der Waals surface area contributed by atoms with E-state index in [1.165, 1.54) is 49.6 Å². The van der Waals surface area contributed by atoms with Crippen LogP contribution in [0.15, 0.2) is 47.4 Å². The highest BCUT2D eigenvalue weighted by atomic mass is 35.5. The third kappa shape index (κ3) is 3.18. The van der Waals surface area contributed by atoms with E-state index in [-0.39, 0.29) is 22.2 Å². The van der Waals surface area contributed by atoms with E-state index < -0.39 is 15.8 Å². The van der Waals surface area contributed by atoms with Gasteiger partial charge in [-0.25, -0.2) is 12.8 Å². The Morgan fingerprint density at radius 3 is 2.50 bits per heavy atom. The number of rotatable bonds is 5. The van der Waals surface area contributed by atoms with Crippen LogP contribution in [-0.4, -0.2) is 22.1 Å². The third-order valence-corrected chi connectivity index (χ3v) is 5.29. The summed E-state index contributed by atoms with van der Waals surface area (Å²) in [5.41, 5.74) is 0.259. The van der Waals surface area contributed by atoms with Gasteiger partial charge in [0, 0.05) is 6.54 Å². The summed E-state index contributed by atoms with van der Waals surface area (Å²) < 4.78 is 44.9. The first-order valence-corrected chi connectivity index (χ1v) is 8.33. The average Bonchev–Trinajstić information content (AvgIpc) is 2.47. The fraction of sp³-hybridized carbons (Fsp3) is 0.200. The lowest BCUT2D eigenvalue weighted by Gasteiger charge is -2.23. The molecule has 118 valence electrons. The molecular formula is C15H15ClFNO3S. The molecule has 0 aromatic heterocycles. The van der Waals surface area contributed by atoms with E-state index in [4.69, 9.17) is 16.3 Å². The van der Waals surface area contributed by atoms with Crippen LogP contribution in [-0.2, 0) is 10.0 Å². The fourth-order valence-electron chi connectivity index (χ4n) is 2.06. The largest absolute Gasteiger partial charge is 0.495 e. The van der Waals surface area contributed by atoms with Crippen molar-refractivity contribution < 1.29 is 17.5 Å². The molecule has 0 heterocycles. The Morgan fingerprint density at radius 2 is 1.95 bits per heavy atom. The molecule has 0 bridgehead atoms. The van der Waals surface area contributed by atoms with Crippen molar-refractivity contribution in [3.8, 4) is 5.75 Å². The Hall–Kier alpha value is -1.79. The SMILES string of the molecule is CCN(c1cccc(F)c1)S(=O)(=O)c1ccc(OC)c(Cl)c1. The Morgan fingerprint density at radius 1 is 1.23 bits per heavy atom. The van der Waals surface area contributed by atoms with Crippen LogP contribution in [0.1, 0.15) is 6.92 Å². The van der Waals surface area contributed by atoms with Gasteiger partial charge in [0.05, 0.1) is 22.7 Å². The maximum Gasteiger partial charge on any atom is 0.264 e. The monoisotopic (exact) mass is 343 g/mol. The van der Waals surface area contributed by atoms with Gasteiger partial charge in [0.1, 0.15) is 11.6 Å².